The quantitative estimate of drug-likeness (QED) is 0.503. The molecule has 0 aliphatic carbocycles. The molecular weight excluding hydrogens is 168 g/mol. The lowest BCUT2D eigenvalue weighted by Crippen LogP contribution is -1.91. The van der Waals surface area contributed by atoms with Gasteiger partial charge in [-0.05, 0) is 18.1 Å². The molecule has 0 saturated heterocycles. The van der Waals surface area contributed by atoms with Crippen LogP contribution in [0.25, 0.3) is 0 Å². The number of pyridine rings is 1. The fourth-order valence-electron chi connectivity index (χ4n) is 0.724. The molecule has 62 valence electrons. The molecule has 0 aromatic carbocycles. The van der Waals surface area contributed by atoms with Crippen LogP contribution in [0.3, 0.4) is 0 Å². The molecule has 0 unspecified atom stereocenters. The average molecular weight is 178 g/mol. The first kappa shape index (κ1) is 8.95. The minimum atomic E-state index is 0.629. The number of aromatic nitrogens is 1. The van der Waals surface area contributed by atoms with E-state index in [0.29, 0.717) is 11.4 Å². The molecule has 0 amide bonds. The summed E-state index contributed by atoms with van der Waals surface area (Å²) in [6.07, 6.45) is 2.44. The monoisotopic (exact) mass is 178 g/mol. The van der Waals surface area contributed by atoms with Crippen LogP contribution in [-0.2, 0) is 0 Å². The highest BCUT2D eigenvalue weighted by Gasteiger charge is 1.91. The Hall–Kier alpha value is -1.14. The van der Waals surface area contributed by atoms with Crippen LogP contribution in [0, 0.1) is 11.8 Å². The van der Waals surface area contributed by atoms with E-state index < -0.39 is 0 Å². The van der Waals surface area contributed by atoms with Gasteiger partial charge in [0.05, 0.1) is 5.69 Å². The van der Waals surface area contributed by atoms with Gasteiger partial charge in [-0.1, -0.05) is 5.92 Å². The largest absolute Gasteiger partial charge is 0.396 e. The number of nitrogen functional groups attached to an aromatic ring is 1. The second-order valence-electron chi connectivity index (χ2n) is 2.22. The Kier molecular flexibility index (Phi) is 3.49. The highest BCUT2D eigenvalue weighted by atomic mass is 32.1. The van der Waals surface area contributed by atoms with E-state index in [9.17, 15) is 0 Å². The van der Waals surface area contributed by atoms with Crippen LogP contribution in [0.1, 0.15) is 12.1 Å². The molecule has 0 aliphatic heterocycles. The number of rotatable bonds is 1. The summed E-state index contributed by atoms with van der Waals surface area (Å²) in [6.45, 7) is 0. The molecule has 0 aliphatic rings. The van der Waals surface area contributed by atoms with Crippen LogP contribution in [-0.4, -0.2) is 10.7 Å². The van der Waals surface area contributed by atoms with E-state index >= 15 is 0 Å². The molecule has 1 aromatic heterocycles. The Bertz CT molecular complexity index is 312. The zero-order valence-electron chi connectivity index (χ0n) is 6.62. The molecule has 0 atom stereocenters. The average Bonchev–Trinajstić information content (AvgIpc) is 2.09. The number of hydrogen-bond acceptors (Lipinski definition) is 3. The van der Waals surface area contributed by atoms with E-state index in [-0.39, 0.29) is 0 Å². The van der Waals surface area contributed by atoms with Gasteiger partial charge in [0.15, 0.2) is 0 Å². The highest BCUT2D eigenvalue weighted by Crippen LogP contribution is 2.04. The summed E-state index contributed by atoms with van der Waals surface area (Å²) in [5.41, 5.74) is 6.90. The molecule has 0 spiro atoms. The van der Waals surface area contributed by atoms with Gasteiger partial charge >= 0.3 is 0 Å². The summed E-state index contributed by atoms with van der Waals surface area (Å²) in [7, 11) is 0. The molecule has 1 aromatic rings. The van der Waals surface area contributed by atoms with Crippen LogP contribution >= 0.6 is 12.6 Å². The molecular formula is C9H10N2S. The maximum absolute atomic E-state index is 5.62. The Morgan fingerprint density at radius 3 is 3.08 bits per heavy atom. The van der Waals surface area contributed by atoms with Crippen LogP contribution in [0.5, 0.6) is 0 Å². The Morgan fingerprint density at radius 1 is 1.58 bits per heavy atom. The molecule has 0 radical (unpaired) electrons. The van der Waals surface area contributed by atoms with Gasteiger partial charge in [0.2, 0.25) is 0 Å². The maximum atomic E-state index is 5.62. The van der Waals surface area contributed by atoms with Gasteiger partial charge < -0.3 is 5.73 Å². The third kappa shape index (κ3) is 2.48. The number of anilines is 1. The third-order valence-electron chi connectivity index (χ3n) is 1.28. The standard InChI is InChI=1S/C9H10N2S/c10-8-4-3-6-11-9(8)5-1-2-7-12/h3-4,6,12H,2,7,10H2. The molecule has 1 heterocycles. The molecule has 0 fully saturated rings. The van der Waals surface area contributed by atoms with Crippen molar-refractivity contribution in [3.8, 4) is 11.8 Å². The fourth-order valence-corrected chi connectivity index (χ4v) is 0.836. The predicted molar refractivity (Wildman–Crippen MR) is 54.0 cm³/mol. The van der Waals surface area contributed by atoms with Gasteiger partial charge in [0, 0.05) is 18.4 Å². The van der Waals surface area contributed by atoms with E-state index in [1.165, 1.54) is 0 Å². The van der Waals surface area contributed by atoms with Gasteiger partial charge in [-0.15, -0.1) is 0 Å². The zero-order valence-corrected chi connectivity index (χ0v) is 7.51. The van der Waals surface area contributed by atoms with Gasteiger partial charge in [0.1, 0.15) is 5.69 Å². The zero-order chi connectivity index (χ0) is 8.81. The predicted octanol–water partition coefficient (Wildman–Crippen LogP) is 1.34. The van der Waals surface area contributed by atoms with Crippen molar-refractivity contribution in [2.45, 2.75) is 6.42 Å². The van der Waals surface area contributed by atoms with E-state index in [2.05, 4.69) is 29.5 Å². The lowest BCUT2D eigenvalue weighted by Gasteiger charge is -1.93. The Balaban J connectivity index is 2.77. The van der Waals surface area contributed by atoms with Crippen molar-refractivity contribution in [1.29, 1.82) is 0 Å². The number of hydrogen-bond donors (Lipinski definition) is 2. The van der Waals surface area contributed by atoms with E-state index in [1.54, 1.807) is 18.3 Å². The second-order valence-corrected chi connectivity index (χ2v) is 2.66. The first-order chi connectivity index (χ1) is 5.84. The van der Waals surface area contributed by atoms with E-state index in [4.69, 9.17) is 5.73 Å². The van der Waals surface area contributed by atoms with Crippen molar-refractivity contribution in [3.05, 3.63) is 24.0 Å². The van der Waals surface area contributed by atoms with Crippen molar-refractivity contribution in [1.82, 2.24) is 4.98 Å². The number of thiol groups is 1. The molecule has 2 nitrogen and oxygen atoms in total. The summed E-state index contributed by atoms with van der Waals surface area (Å²) in [5, 5.41) is 0. The van der Waals surface area contributed by atoms with E-state index in [1.807, 2.05) is 0 Å². The molecule has 2 N–H and O–H groups in total. The van der Waals surface area contributed by atoms with Crippen molar-refractivity contribution >= 4 is 18.3 Å². The number of nitrogens with two attached hydrogens (primary N) is 1. The first-order valence-electron chi connectivity index (χ1n) is 3.65. The highest BCUT2D eigenvalue weighted by molar-refractivity contribution is 7.80. The van der Waals surface area contributed by atoms with Crippen LogP contribution < -0.4 is 5.73 Å². The second kappa shape index (κ2) is 4.68. The molecule has 1 rings (SSSR count). The van der Waals surface area contributed by atoms with Crippen molar-refractivity contribution < 1.29 is 0 Å². The summed E-state index contributed by atoms with van der Waals surface area (Å²) in [6, 6.07) is 3.58. The smallest absolute Gasteiger partial charge is 0.136 e. The van der Waals surface area contributed by atoms with Gasteiger partial charge in [-0.25, -0.2) is 4.98 Å². The summed E-state index contributed by atoms with van der Waals surface area (Å²) in [4.78, 5) is 4.03. The van der Waals surface area contributed by atoms with Crippen molar-refractivity contribution in [2.24, 2.45) is 0 Å². The van der Waals surface area contributed by atoms with Gasteiger partial charge in [0.25, 0.3) is 0 Å². The molecule has 12 heavy (non-hydrogen) atoms. The number of nitrogens with zero attached hydrogens (tertiary/aromatic N) is 1. The minimum absolute atomic E-state index is 0.629. The van der Waals surface area contributed by atoms with Crippen molar-refractivity contribution in [2.75, 3.05) is 11.5 Å². The van der Waals surface area contributed by atoms with Crippen LogP contribution in [0.4, 0.5) is 5.69 Å². The SMILES string of the molecule is Nc1cccnc1C#CCCS. The van der Waals surface area contributed by atoms with Gasteiger partial charge in [-0.3, -0.25) is 0 Å². The fraction of sp³-hybridized carbons (Fsp3) is 0.222. The summed E-state index contributed by atoms with van der Waals surface area (Å²) >= 11 is 4.04. The van der Waals surface area contributed by atoms with Crippen LogP contribution in [0.15, 0.2) is 18.3 Å². The lowest BCUT2D eigenvalue weighted by atomic mass is 10.3. The van der Waals surface area contributed by atoms with Crippen LogP contribution in [0.2, 0.25) is 0 Å². The third-order valence-corrected chi connectivity index (χ3v) is 1.51. The minimum Gasteiger partial charge on any atom is -0.396 e. The molecule has 0 saturated carbocycles. The molecule has 3 heteroatoms. The molecule has 0 bridgehead atoms. The topological polar surface area (TPSA) is 38.9 Å². The first-order valence-corrected chi connectivity index (χ1v) is 4.28. The summed E-state index contributed by atoms with van der Waals surface area (Å²) in [5.74, 6) is 6.57. The maximum Gasteiger partial charge on any atom is 0.136 e. The normalized spacial score (nSPS) is 8.75. The Labute approximate surface area is 77.6 Å². The van der Waals surface area contributed by atoms with Crippen molar-refractivity contribution in [3.63, 3.8) is 0 Å². The lowest BCUT2D eigenvalue weighted by molar-refractivity contribution is 1.27. The summed E-state index contributed by atoms with van der Waals surface area (Å²) < 4.78 is 0. The van der Waals surface area contributed by atoms with E-state index in [0.717, 1.165) is 12.2 Å². The Morgan fingerprint density at radius 2 is 2.42 bits per heavy atom. The van der Waals surface area contributed by atoms with Gasteiger partial charge in [-0.2, -0.15) is 12.6 Å².